The Kier molecular flexibility index (Phi) is 4.91. The fraction of sp³-hybridized carbons (Fsp3) is 0.545. The van der Waals surface area contributed by atoms with Crippen LogP contribution in [0.15, 0.2) is 14.9 Å². The molecule has 0 saturated carbocycles. The third-order valence-electron chi connectivity index (χ3n) is 2.61. The molecule has 0 aliphatic heterocycles. The highest BCUT2D eigenvalue weighted by Crippen LogP contribution is 2.21. The number of anilines is 1. The van der Waals surface area contributed by atoms with E-state index in [4.69, 9.17) is 9.66 Å². The van der Waals surface area contributed by atoms with Crippen molar-refractivity contribution >= 4 is 26.5 Å². The molecule has 0 aromatic carbocycles. The van der Waals surface area contributed by atoms with Crippen molar-refractivity contribution in [2.24, 2.45) is 5.14 Å². The molecule has 116 valence electrons. The summed E-state index contributed by atoms with van der Waals surface area (Å²) in [4.78, 5) is 8.23. The van der Waals surface area contributed by atoms with Crippen LogP contribution in [-0.2, 0) is 16.4 Å². The van der Waals surface area contributed by atoms with Crippen LogP contribution in [0.3, 0.4) is 0 Å². The highest BCUT2D eigenvalue weighted by atomic mass is 32.2. The van der Waals surface area contributed by atoms with Crippen molar-refractivity contribution in [3.8, 4) is 0 Å². The van der Waals surface area contributed by atoms with Gasteiger partial charge in [0.15, 0.2) is 15.2 Å². The quantitative estimate of drug-likeness (QED) is 0.733. The van der Waals surface area contributed by atoms with Gasteiger partial charge in [0.1, 0.15) is 0 Å². The fourth-order valence-electron chi connectivity index (χ4n) is 1.51. The lowest BCUT2D eigenvalue weighted by Crippen LogP contribution is -2.09. The summed E-state index contributed by atoms with van der Waals surface area (Å²) in [7, 11) is -3.68. The molecule has 0 aliphatic rings. The first-order valence-electron chi connectivity index (χ1n) is 6.41. The highest BCUT2D eigenvalue weighted by molar-refractivity contribution is 7.91. The van der Waals surface area contributed by atoms with Crippen LogP contribution in [0.25, 0.3) is 0 Å². The van der Waals surface area contributed by atoms with Crippen LogP contribution in [0.5, 0.6) is 0 Å². The number of nitrogens with zero attached hydrogens (tertiary/aromatic N) is 3. The average Bonchev–Trinajstić information content (AvgIpc) is 3.03. The highest BCUT2D eigenvalue weighted by Gasteiger charge is 2.12. The van der Waals surface area contributed by atoms with Gasteiger partial charge in [-0.05, 0) is 6.42 Å². The number of aromatic nitrogens is 3. The number of aryl methyl sites for hydroxylation is 1. The van der Waals surface area contributed by atoms with Crippen LogP contribution in [0.2, 0.25) is 0 Å². The predicted octanol–water partition coefficient (Wildman–Crippen LogP) is 1.34. The van der Waals surface area contributed by atoms with E-state index >= 15 is 0 Å². The van der Waals surface area contributed by atoms with Crippen LogP contribution in [0.4, 0.5) is 5.13 Å². The van der Waals surface area contributed by atoms with Crippen molar-refractivity contribution in [2.45, 2.75) is 36.8 Å². The Bertz CT molecular complexity index is 692. The molecule has 8 nitrogen and oxygen atoms in total. The van der Waals surface area contributed by atoms with Crippen molar-refractivity contribution in [1.82, 2.24) is 15.1 Å². The van der Waals surface area contributed by atoms with Crippen molar-refractivity contribution in [3.63, 3.8) is 0 Å². The minimum absolute atomic E-state index is 0.0449. The Hall–Kier alpha value is -1.52. The monoisotopic (exact) mass is 331 g/mol. The van der Waals surface area contributed by atoms with Crippen molar-refractivity contribution < 1.29 is 12.9 Å². The minimum Gasteiger partial charge on any atom is -0.361 e. The number of primary sulfonamides is 1. The van der Waals surface area contributed by atoms with Crippen LogP contribution in [0, 0.1) is 0 Å². The average molecular weight is 331 g/mol. The topological polar surface area (TPSA) is 124 Å². The summed E-state index contributed by atoms with van der Waals surface area (Å²) in [6.45, 7) is 4.63. The van der Waals surface area contributed by atoms with Crippen LogP contribution < -0.4 is 10.5 Å². The van der Waals surface area contributed by atoms with Crippen molar-refractivity contribution in [3.05, 3.63) is 17.9 Å². The summed E-state index contributed by atoms with van der Waals surface area (Å²) in [5.74, 6) is 1.55. The molecule has 0 aliphatic carbocycles. The number of hydrogen-bond acceptors (Lipinski definition) is 8. The molecule has 0 saturated heterocycles. The van der Waals surface area contributed by atoms with Crippen molar-refractivity contribution in [1.29, 1.82) is 0 Å². The van der Waals surface area contributed by atoms with Gasteiger partial charge in [0.05, 0.1) is 6.20 Å². The van der Waals surface area contributed by atoms with E-state index in [2.05, 4.69) is 20.4 Å². The molecule has 21 heavy (non-hydrogen) atoms. The van der Waals surface area contributed by atoms with Gasteiger partial charge in [-0.25, -0.2) is 18.5 Å². The predicted molar refractivity (Wildman–Crippen MR) is 78.7 cm³/mol. The second-order valence-corrected chi connectivity index (χ2v) is 7.58. The maximum Gasteiger partial charge on any atom is 0.249 e. The molecule has 0 unspecified atom stereocenters. The standard InChI is InChI=1S/C11H17N5O3S2/c1-7(2)10-15-8(19-16-10)4-3-5-13-11-14-6-9(20-11)21(12,17)18/h6-7H,3-5H2,1-2H3,(H,13,14)(H2,12,17,18). The van der Waals surface area contributed by atoms with Gasteiger partial charge >= 0.3 is 0 Å². The van der Waals surface area contributed by atoms with Gasteiger partial charge in [0.2, 0.25) is 15.9 Å². The normalized spacial score (nSPS) is 12.0. The van der Waals surface area contributed by atoms with Gasteiger partial charge < -0.3 is 9.84 Å². The maximum absolute atomic E-state index is 11.1. The molecule has 0 spiro atoms. The van der Waals surface area contributed by atoms with E-state index in [0.717, 1.165) is 17.8 Å². The summed E-state index contributed by atoms with van der Waals surface area (Å²) in [6.07, 6.45) is 2.67. The van der Waals surface area contributed by atoms with Gasteiger partial charge in [-0.2, -0.15) is 4.98 Å². The Morgan fingerprint density at radius 3 is 2.81 bits per heavy atom. The summed E-state index contributed by atoms with van der Waals surface area (Å²) in [5.41, 5.74) is 0. The lowest BCUT2D eigenvalue weighted by Gasteiger charge is -1.99. The van der Waals surface area contributed by atoms with Gasteiger partial charge in [-0.15, -0.1) is 0 Å². The van der Waals surface area contributed by atoms with E-state index in [9.17, 15) is 8.42 Å². The second-order valence-electron chi connectivity index (χ2n) is 4.76. The summed E-state index contributed by atoms with van der Waals surface area (Å²) < 4.78 is 27.4. The number of thiazole rings is 1. The van der Waals surface area contributed by atoms with Gasteiger partial charge in [0, 0.05) is 18.9 Å². The smallest absolute Gasteiger partial charge is 0.249 e. The van der Waals surface area contributed by atoms with E-state index in [1.165, 1.54) is 6.20 Å². The molecule has 10 heteroatoms. The summed E-state index contributed by atoms with van der Waals surface area (Å²) in [5, 5.41) is 12.5. The zero-order chi connectivity index (χ0) is 15.5. The minimum atomic E-state index is -3.68. The Morgan fingerprint density at radius 1 is 1.48 bits per heavy atom. The largest absolute Gasteiger partial charge is 0.361 e. The van der Waals surface area contributed by atoms with E-state index in [-0.39, 0.29) is 10.1 Å². The summed E-state index contributed by atoms with van der Waals surface area (Å²) >= 11 is 1.01. The van der Waals surface area contributed by atoms with Crippen LogP contribution in [-0.4, -0.2) is 30.1 Å². The molecule has 2 rings (SSSR count). The van der Waals surface area contributed by atoms with E-state index in [1.807, 2.05) is 13.8 Å². The molecule has 2 heterocycles. The number of sulfonamides is 1. The first-order valence-corrected chi connectivity index (χ1v) is 8.77. The molecule has 2 aromatic heterocycles. The number of nitrogens with one attached hydrogen (secondary N) is 1. The molecule has 0 amide bonds. The number of nitrogens with two attached hydrogens (primary N) is 1. The van der Waals surface area contributed by atoms with Gasteiger partial charge in [0.25, 0.3) is 0 Å². The molecule has 0 fully saturated rings. The molecular formula is C11H17N5O3S2. The van der Waals surface area contributed by atoms with Crippen LogP contribution >= 0.6 is 11.3 Å². The maximum atomic E-state index is 11.1. The second kappa shape index (κ2) is 6.50. The first kappa shape index (κ1) is 15.9. The lowest BCUT2D eigenvalue weighted by molar-refractivity contribution is 0.369. The number of rotatable bonds is 7. The Labute approximate surface area is 126 Å². The van der Waals surface area contributed by atoms with Crippen LogP contribution in [0.1, 0.15) is 37.9 Å². The molecule has 0 bridgehead atoms. The van der Waals surface area contributed by atoms with Gasteiger partial charge in [-0.1, -0.05) is 30.3 Å². The molecular weight excluding hydrogens is 314 g/mol. The van der Waals surface area contributed by atoms with E-state index in [0.29, 0.717) is 29.8 Å². The fourth-order valence-corrected chi connectivity index (χ4v) is 2.99. The third-order valence-corrected chi connectivity index (χ3v) is 4.97. The molecule has 2 aromatic rings. The molecule has 3 N–H and O–H groups in total. The Balaban J connectivity index is 1.78. The zero-order valence-electron chi connectivity index (χ0n) is 11.7. The first-order chi connectivity index (χ1) is 9.86. The molecule has 0 radical (unpaired) electrons. The molecule has 0 atom stereocenters. The SMILES string of the molecule is CC(C)c1noc(CCCNc2ncc(S(N)(=O)=O)s2)n1. The van der Waals surface area contributed by atoms with E-state index in [1.54, 1.807) is 0 Å². The third kappa shape index (κ3) is 4.48. The van der Waals surface area contributed by atoms with Crippen molar-refractivity contribution in [2.75, 3.05) is 11.9 Å². The lowest BCUT2D eigenvalue weighted by atomic mass is 10.2. The number of hydrogen-bond donors (Lipinski definition) is 2. The Morgan fingerprint density at radius 2 is 2.24 bits per heavy atom. The zero-order valence-corrected chi connectivity index (χ0v) is 13.4. The summed E-state index contributed by atoms with van der Waals surface area (Å²) in [6, 6.07) is 0. The van der Waals surface area contributed by atoms with Gasteiger partial charge in [-0.3, -0.25) is 0 Å². The van der Waals surface area contributed by atoms with E-state index < -0.39 is 10.0 Å².